The van der Waals surface area contributed by atoms with Crippen molar-refractivity contribution in [1.82, 2.24) is 20.4 Å². The van der Waals surface area contributed by atoms with Crippen LogP contribution in [-0.2, 0) is 11.2 Å². The molecule has 3 rings (SSSR count). The number of likely N-dealkylation sites (tertiary alicyclic amines) is 1. The Balaban J connectivity index is 1.31. The lowest BCUT2D eigenvalue weighted by Crippen LogP contribution is -2.50. The number of nitrogens with zero attached hydrogens (tertiary/aromatic N) is 3. The van der Waals surface area contributed by atoms with Gasteiger partial charge in [0, 0.05) is 52.9 Å². The lowest BCUT2D eigenvalue weighted by molar-refractivity contribution is -0.0284. The molecule has 2 atom stereocenters. The lowest BCUT2D eigenvalue weighted by atomic mass is 10.1. The number of guanidine groups is 1. The predicted octanol–water partition coefficient (Wildman–Crippen LogP) is 2.07. The van der Waals surface area contributed by atoms with Gasteiger partial charge in [0.15, 0.2) is 5.96 Å². The van der Waals surface area contributed by atoms with Crippen LogP contribution in [0.1, 0.15) is 25.8 Å². The van der Waals surface area contributed by atoms with Crippen LogP contribution in [-0.4, -0.2) is 87.9 Å². The number of hydrogen-bond acceptors (Lipinski definition) is 4. The summed E-state index contributed by atoms with van der Waals surface area (Å²) in [4.78, 5) is 9.51. The average molecular weight is 416 g/mol. The first-order valence-corrected chi connectivity index (χ1v) is 11.7. The van der Waals surface area contributed by atoms with Crippen LogP contribution in [0, 0.1) is 11.8 Å². The summed E-state index contributed by atoms with van der Waals surface area (Å²) in [5.74, 6) is 2.28. The molecule has 0 saturated carbocycles. The van der Waals surface area contributed by atoms with Crippen molar-refractivity contribution in [2.75, 3.05) is 66.0 Å². The summed E-state index contributed by atoms with van der Waals surface area (Å²) in [5, 5.41) is 7.00. The molecule has 2 fully saturated rings. The molecule has 0 spiro atoms. The van der Waals surface area contributed by atoms with Crippen LogP contribution < -0.4 is 10.6 Å². The van der Waals surface area contributed by atoms with Crippen LogP contribution >= 0.6 is 0 Å². The lowest BCUT2D eigenvalue weighted by Gasteiger charge is -2.34. The fraction of sp³-hybridized carbons (Fsp3) is 0.708. The molecule has 2 saturated heterocycles. The quantitative estimate of drug-likeness (QED) is 0.478. The van der Waals surface area contributed by atoms with Crippen molar-refractivity contribution in [1.29, 1.82) is 0 Å². The Morgan fingerprint density at radius 1 is 1.10 bits per heavy atom. The van der Waals surface area contributed by atoms with Crippen molar-refractivity contribution in [2.45, 2.75) is 32.8 Å². The molecule has 6 heteroatoms. The van der Waals surface area contributed by atoms with Crippen LogP contribution in [0.5, 0.6) is 0 Å². The van der Waals surface area contributed by atoms with Crippen LogP contribution in [0.25, 0.3) is 0 Å². The van der Waals surface area contributed by atoms with E-state index in [1.807, 2.05) is 7.05 Å². The highest BCUT2D eigenvalue weighted by Gasteiger charge is 2.23. The van der Waals surface area contributed by atoms with Crippen molar-refractivity contribution < 1.29 is 4.74 Å². The van der Waals surface area contributed by atoms with Crippen LogP contribution in [0.3, 0.4) is 0 Å². The van der Waals surface area contributed by atoms with E-state index >= 15 is 0 Å². The molecule has 0 bridgehead atoms. The van der Waals surface area contributed by atoms with Crippen molar-refractivity contribution >= 4 is 5.96 Å². The SMILES string of the molecule is CN=C(NCC1CCN(CCc2ccccc2)C1)NCC1CN(CC(C)C)CCO1. The first kappa shape index (κ1) is 23.0. The van der Waals surface area contributed by atoms with E-state index < -0.39 is 0 Å². The van der Waals surface area contributed by atoms with Crippen molar-refractivity contribution in [3.8, 4) is 0 Å². The van der Waals surface area contributed by atoms with E-state index in [0.29, 0.717) is 11.8 Å². The van der Waals surface area contributed by atoms with Crippen LogP contribution in [0.15, 0.2) is 35.3 Å². The van der Waals surface area contributed by atoms with Crippen LogP contribution in [0.4, 0.5) is 0 Å². The van der Waals surface area contributed by atoms with E-state index in [2.05, 4.69) is 69.6 Å². The molecular weight excluding hydrogens is 374 g/mol. The Labute approximate surface area is 183 Å². The van der Waals surface area contributed by atoms with Gasteiger partial charge in [-0.2, -0.15) is 0 Å². The number of ether oxygens (including phenoxy) is 1. The predicted molar refractivity (Wildman–Crippen MR) is 125 cm³/mol. The minimum absolute atomic E-state index is 0.232. The fourth-order valence-electron chi connectivity index (χ4n) is 4.47. The molecule has 1 aromatic rings. The molecule has 2 unspecified atom stereocenters. The molecular formula is C24H41N5O. The highest BCUT2D eigenvalue weighted by Crippen LogP contribution is 2.16. The Bertz CT molecular complexity index is 636. The summed E-state index contributed by atoms with van der Waals surface area (Å²) < 4.78 is 5.95. The largest absolute Gasteiger partial charge is 0.374 e. The zero-order chi connectivity index (χ0) is 21.2. The second-order valence-electron chi connectivity index (χ2n) is 9.17. The number of hydrogen-bond donors (Lipinski definition) is 2. The Morgan fingerprint density at radius 3 is 2.67 bits per heavy atom. The van der Waals surface area contributed by atoms with Crippen molar-refractivity contribution in [3.05, 3.63) is 35.9 Å². The minimum atomic E-state index is 0.232. The molecule has 2 aliphatic rings. The van der Waals surface area contributed by atoms with E-state index in [0.717, 1.165) is 58.3 Å². The normalized spacial score (nSPS) is 23.8. The second-order valence-corrected chi connectivity index (χ2v) is 9.17. The monoisotopic (exact) mass is 415 g/mol. The minimum Gasteiger partial charge on any atom is -0.374 e. The van der Waals surface area contributed by atoms with Crippen LogP contribution in [0.2, 0.25) is 0 Å². The summed E-state index contributed by atoms with van der Waals surface area (Å²) in [7, 11) is 1.85. The fourth-order valence-corrected chi connectivity index (χ4v) is 4.47. The number of nitrogens with one attached hydrogen (secondary N) is 2. The maximum atomic E-state index is 5.95. The third kappa shape index (κ3) is 7.89. The smallest absolute Gasteiger partial charge is 0.191 e. The van der Waals surface area contributed by atoms with Gasteiger partial charge in [-0.15, -0.1) is 0 Å². The first-order valence-electron chi connectivity index (χ1n) is 11.7. The molecule has 6 nitrogen and oxygen atoms in total. The number of aliphatic imine (C=N–C) groups is 1. The molecule has 2 N–H and O–H groups in total. The van der Waals surface area contributed by atoms with E-state index in [4.69, 9.17) is 4.74 Å². The second kappa shape index (κ2) is 12.3. The topological polar surface area (TPSA) is 52.1 Å². The molecule has 0 radical (unpaired) electrons. The van der Waals surface area contributed by atoms with Gasteiger partial charge in [-0.05, 0) is 36.8 Å². The van der Waals surface area contributed by atoms with Gasteiger partial charge in [0.1, 0.15) is 0 Å². The third-order valence-electron chi connectivity index (χ3n) is 6.05. The van der Waals surface area contributed by atoms with Gasteiger partial charge in [0.25, 0.3) is 0 Å². The summed E-state index contributed by atoms with van der Waals surface area (Å²) in [5.41, 5.74) is 1.43. The molecule has 168 valence electrons. The molecule has 0 aliphatic carbocycles. The summed E-state index contributed by atoms with van der Waals surface area (Å²) in [6, 6.07) is 10.8. The van der Waals surface area contributed by atoms with Gasteiger partial charge < -0.3 is 20.3 Å². The van der Waals surface area contributed by atoms with E-state index in [1.165, 1.54) is 25.1 Å². The molecule has 0 amide bonds. The van der Waals surface area contributed by atoms with E-state index in [9.17, 15) is 0 Å². The van der Waals surface area contributed by atoms with Gasteiger partial charge >= 0.3 is 0 Å². The van der Waals surface area contributed by atoms with Gasteiger partial charge in [0.2, 0.25) is 0 Å². The Kier molecular flexibility index (Phi) is 9.43. The first-order chi connectivity index (χ1) is 14.6. The van der Waals surface area contributed by atoms with Gasteiger partial charge in [-0.1, -0.05) is 44.2 Å². The van der Waals surface area contributed by atoms with Gasteiger partial charge in [-0.25, -0.2) is 0 Å². The zero-order valence-corrected chi connectivity index (χ0v) is 19.1. The molecule has 0 aromatic heterocycles. The highest BCUT2D eigenvalue weighted by molar-refractivity contribution is 5.79. The average Bonchev–Trinajstić information content (AvgIpc) is 3.21. The van der Waals surface area contributed by atoms with E-state index in [-0.39, 0.29) is 6.10 Å². The number of benzene rings is 1. The summed E-state index contributed by atoms with van der Waals surface area (Å²) in [6.07, 6.45) is 2.63. The summed E-state index contributed by atoms with van der Waals surface area (Å²) >= 11 is 0. The van der Waals surface area contributed by atoms with Crippen molar-refractivity contribution in [2.24, 2.45) is 16.8 Å². The zero-order valence-electron chi connectivity index (χ0n) is 19.1. The van der Waals surface area contributed by atoms with Gasteiger partial charge in [-0.3, -0.25) is 9.89 Å². The van der Waals surface area contributed by atoms with E-state index in [1.54, 1.807) is 0 Å². The Hall–Kier alpha value is -1.63. The molecule has 1 aromatic carbocycles. The van der Waals surface area contributed by atoms with Crippen molar-refractivity contribution in [3.63, 3.8) is 0 Å². The highest BCUT2D eigenvalue weighted by atomic mass is 16.5. The Morgan fingerprint density at radius 2 is 1.90 bits per heavy atom. The van der Waals surface area contributed by atoms with Gasteiger partial charge in [0.05, 0.1) is 12.7 Å². The maximum Gasteiger partial charge on any atom is 0.191 e. The number of morpholine rings is 1. The summed E-state index contributed by atoms with van der Waals surface area (Å²) in [6.45, 7) is 13.9. The molecule has 2 aliphatic heterocycles. The molecule has 30 heavy (non-hydrogen) atoms. The molecule has 2 heterocycles. The number of rotatable bonds is 9. The third-order valence-corrected chi connectivity index (χ3v) is 6.05. The maximum absolute atomic E-state index is 5.95. The standard InChI is InChI=1S/C24H41N5O/c1-20(2)17-29-13-14-30-23(19-29)16-27-24(25-3)26-15-22-10-12-28(18-22)11-9-21-7-5-4-6-8-21/h4-8,20,22-23H,9-19H2,1-3H3,(H2,25,26,27).